The van der Waals surface area contributed by atoms with E-state index in [-0.39, 0.29) is 23.6 Å². The number of halogens is 1. The highest BCUT2D eigenvalue weighted by molar-refractivity contribution is 7.12. The lowest BCUT2D eigenvalue weighted by Gasteiger charge is -2.34. The molecule has 5 heterocycles. The number of Topliss-reactive ketones (excluding diaryl/α,β-unsaturated/α-hetero) is 1. The number of fused-ring (bicyclic) bond motifs is 7. The van der Waals surface area contributed by atoms with Crippen LogP contribution in [0.5, 0.6) is 0 Å². The lowest BCUT2D eigenvalue weighted by Crippen LogP contribution is -3.20. The summed E-state index contributed by atoms with van der Waals surface area (Å²) in [4.78, 5) is 44.2. The fourth-order valence-corrected chi connectivity index (χ4v) is 8.28. The zero-order valence-corrected chi connectivity index (χ0v) is 19.6. The summed E-state index contributed by atoms with van der Waals surface area (Å²) in [6, 6.07) is 16.5. The Hall–Kier alpha value is -3.00. The van der Waals surface area contributed by atoms with Crippen molar-refractivity contribution in [3.05, 3.63) is 81.0 Å². The lowest BCUT2D eigenvalue weighted by atomic mass is 9.60. The third kappa shape index (κ3) is 2.14. The Bertz CT molecular complexity index is 1410. The van der Waals surface area contributed by atoms with Crippen LogP contribution in [-0.4, -0.2) is 30.2 Å². The maximum atomic E-state index is 14.5. The summed E-state index contributed by atoms with van der Waals surface area (Å²) in [7, 11) is 0. The zero-order valence-electron chi connectivity index (χ0n) is 18.1. The molecule has 2 amide bonds. The van der Waals surface area contributed by atoms with E-state index < -0.39 is 16.9 Å². The van der Waals surface area contributed by atoms with Crippen LogP contribution in [0, 0.1) is 5.92 Å². The number of para-hydroxylation sites is 2. The maximum Gasteiger partial charge on any atom is 0.291 e. The van der Waals surface area contributed by atoms with E-state index in [0.717, 1.165) is 34.6 Å². The van der Waals surface area contributed by atoms with E-state index in [4.69, 9.17) is 11.6 Å². The van der Waals surface area contributed by atoms with Gasteiger partial charge in [-0.1, -0.05) is 41.9 Å². The summed E-state index contributed by atoms with van der Waals surface area (Å²) in [6.45, 7) is 0.704. The smallest absolute Gasteiger partial charge is 0.291 e. The van der Waals surface area contributed by atoms with Gasteiger partial charge in [0.2, 0.25) is 11.4 Å². The largest absolute Gasteiger partial charge is 0.325 e. The molecule has 4 aliphatic rings. The van der Waals surface area contributed by atoms with Crippen molar-refractivity contribution in [2.45, 2.75) is 29.8 Å². The molecule has 6 nitrogen and oxygen atoms in total. The van der Waals surface area contributed by atoms with Crippen molar-refractivity contribution >= 4 is 51.9 Å². The number of nitrogens with one attached hydrogen (secondary N) is 3. The first-order valence-electron chi connectivity index (χ1n) is 11.5. The third-order valence-corrected chi connectivity index (χ3v) is 9.56. The monoisotopic (exact) mass is 490 g/mol. The minimum atomic E-state index is -1.24. The first-order valence-corrected chi connectivity index (χ1v) is 12.7. The van der Waals surface area contributed by atoms with E-state index in [1.54, 1.807) is 12.1 Å². The van der Waals surface area contributed by atoms with E-state index in [1.807, 2.05) is 47.8 Å². The highest BCUT2D eigenvalue weighted by Gasteiger charge is 2.82. The summed E-state index contributed by atoms with van der Waals surface area (Å²) in [5.41, 5.74) is 0.432. The van der Waals surface area contributed by atoms with Gasteiger partial charge in [-0.15, -0.1) is 11.3 Å². The molecule has 3 aromatic rings. The van der Waals surface area contributed by atoms with Crippen LogP contribution < -0.4 is 15.5 Å². The highest BCUT2D eigenvalue weighted by atomic mass is 35.5. The summed E-state index contributed by atoms with van der Waals surface area (Å²) in [5, 5.41) is 8.39. The molecule has 2 aromatic carbocycles. The summed E-state index contributed by atoms with van der Waals surface area (Å²) >= 11 is 7.89. The Labute approximate surface area is 204 Å². The number of carbonyl (C=O) groups excluding carboxylic acids is 3. The molecule has 2 fully saturated rings. The number of rotatable bonds is 2. The zero-order chi connectivity index (χ0) is 23.2. The number of carbonyl (C=O) groups is 3. The van der Waals surface area contributed by atoms with Gasteiger partial charge in [0.05, 0.1) is 22.1 Å². The second-order valence-electron chi connectivity index (χ2n) is 9.54. The Morgan fingerprint density at radius 2 is 1.82 bits per heavy atom. The maximum absolute atomic E-state index is 14.5. The second-order valence-corrected chi connectivity index (χ2v) is 10.9. The van der Waals surface area contributed by atoms with Crippen LogP contribution in [-0.2, 0) is 20.5 Å². The Morgan fingerprint density at radius 1 is 1.00 bits per heavy atom. The SMILES string of the molecule is O=C(c1cccs1)[C@@H]1[C@@]2(C(=O)Nc3ccccc32)[C@@H]2CCC[NH+]2[C@@]12C(=O)Nc1c(Cl)cccc12. The third-order valence-electron chi connectivity index (χ3n) is 8.36. The van der Waals surface area contributed by atoms with Crippen LogP contribution in [0.25, 0.3) is 0 Å². The molecule has 5 atom stereocenters. The molecule has 0 aliphatic carbocycles. The molecule has 170 valence electrons. The fourth-order valence-electron chi connectivity index (χ4n) is 7.37. The summed E-state index contributed by atoms with van der Waals surface area (Å²) in [5.74, 6) is -1.50. The van der Waals surface area contributed by atoms with Gasteiger partial charge in [0.15, 0.2) is 5.78 Å². The minimum absolute atomic E-state index is 0.160. The van der Waals surface area contributed by atoms with Gasteiger partial charge in [-0.3, -0.25) is 14.4 Å². The fraction of sp³-hybridized carbons (Fsp3) is 0.269. The van der Waals surface area contributed by atoms with Crippen molar-refractivity contribution in [3.63, 3.8) is 0 Å². The molecule has 7 rings (SSSR count). The van der Waals surface area contributed by atoms with Crippen molar-refractivity contribution in [2.24, 2.45) is 5.92 Å². The molecular weight excluding hydrogens is 470 g/mol. The number of thiophene rings is 1. The van der Waals surface area contributed by atoms with Gasteiger partial charge in [-0.05, 0) is 35.2 Å². The Kier molecular flexibility index (Phi) is 4.06. The predicted molar refractivity (Wildman–Crippen MR) is 130 cm³/mol. The number of ketones is 1. The van der Waals surface area contributed by atoms with E-state index in [1.165, 1.54) is 11.3 Å². The number of benzene rings is 2. The topological polar surface area (TPSA) is 79.7 Å². The van der Waals surface area contributed by atoms with Gasteiger partial charge in [0.1, 0.15) is 17.4 Å². The number of hydrogen-bond acceptors (Lipinski definition) is 4. The van der Waals surface area contributed by atoms with Gasteiger partial charge in [0.25, 0.3) is 5.91 Å². The van der Waals surface area contributed by atoms with Gasteiger partial charge in [-0.25, -0.2) is 0 Å². The van der Waals surface area contributed by atoms with E-state index >= 15 is 0 Å². The van der Waals surface area contributed by atoms with Crippen LogP contribution in [0.2, 0.25) is 5.02 Å². The van der Waals surface area contributed by atoms with Gasteiger partial charge < -0.3 is 15.5 Å². The molecule has 2 saturated heterocycles. The molecule has 0 radical (unpaired) electrons. The van der Waals surface area contributed by atoms with E-state index in [0.29, 0.717) is 22.1 Å². The molecule has 0 saturated carbocycles. The average molecular weight is 491 g/mol. The number of anilines is 2. The van der Waals surface area contributed by atoms with Crippen LogP contribution in [0.15, 0.2) is 60.0 Å². The minimum Gasteiger partial charge on any atom is -0.325 e. The molecule has 1 unspecified atom stereocenters. The predicted octanol–water partition coefficient (Wildman–Crippen LogP) is 3.00. The van der Waals surface area contributed by atoms with Gasteiger partial charge in [-0.2, -0.15) is 0 Å². The number of hydrogen-bond donors (Lipinski definition) is 3. The van der Waals surface area contributed by atoms with Gasteiger partial charge >= 0.3 is 0 Å². The van der Waals surface area contributed by atoms with Crippen molar-refractivity contribution in [1.82, 2.24) is 0 Å². The molecule has 4 aliphatic heterocycles. The van der Waals surface area contributed by atoms with E-state index in [9.17, 15) is 14.4 Å². The number of amides is 2. The van der Waals surface area contributed by atoms with Crippen molar-refractivity contribution < 1.29 is 19.3 Å². The molecule has 34 heavy (non-hydrogen) atoms. The van der Waals surface area contributed by atoms with Crippen LogP contribution in [0.4, 0.5) is 11.4 Å². The van der Waals surface area contributed by atoms with Crippen LogP contribution in [0.1, 0.15) is 33.6 Å². The first-order chi connectivity index (χ1) is 16.5. The molecule has 1 aromatic heterocycles. The molecule has 8 heteroatoms. The van der Waals surface area contributed by atoms with E-state index in [2.05, 4.69) is 10.6 Å². The molecular formula is C26H21ClN3O3S+. The van der Waals surface area contributed by atoms with Crippen molar-refractivity contribution in [1.29, 1.82) is 0 Å². The Balaban J connectivity index is 1.61. The van der Waals surface area contributed by atoms with Crippen molar-refractivity contribution in [2.75, 3.05) is 17.2 Å². The number of quaternary nitrogens is 1. The van der Waals surface area contributed by atoms with Crippen LogP contribution >= 0.6 is 22.9 Å². The van der Waals surface area contributed by atoms with Gasteiger partial charge in [0, 0.05) is 24.1 Å². The quantitative estimate of drug-likeness (QED) is 0.483. The first kappa shape index (κ1) is 20.4. The van der Waals surface area contributed by atoms with Crippen LogP contribution in [0.3, 0.4) is 0 Å². The average Bonchev–Trinajstić information content (AvgIpc) is 3.62. The summed E-state index contributed by atoms with van der Waals surface area (Å²) in [6.07, 6.45) is 1.64. The van der Waals surface area contributed by atoms with Crippen molar-refractivity contribution in [3.8, 4) is 0 Å². The second kappa shape index (κ2) is 6.78. The normalized spacial score (nSPS) is 32.6. The highest BCUT2D eigenvalue weighted by Crippen LogP contribution is 2.59. The molecule has 2 spiro atoms. The summed E-state index contributed by atoms with van der Waals surface area (Å²) < 4.78 is 0. The Morgan fingerprint density at radius 3 is 2.65 bits per heavy atom. The molecule has 0 bridgehead atoms. The molecule has 3 N–H and O–H groups in total. The standard InChI is InChI=1S/C26H20ClN3O3S/c27-16-8-3-7-15-20(16)29-24(33)26(15)22(21(31)18-10-5-13-34-18)25(19-11-4-12-30(19)26)14-6-1-2-9-17(14)28-23(25)32/h1-3,5-10,13,19,22H,4,11-12H2,(H,28,32)(H,29,33)/p+1/t19-,22+,25-,26+/m0/s1. The lowest BCUT2D eigenvalue weighted by molar-refractivity contribution is -0.948.